The van der Waals surface area contributed by atoms with E-state index < -0.39 is 5.82 Å². The van der Waals surface area contributed by atoms with Crippen molar-refractivity contribution in [2.24, 2.45) is 0 Å². The Kier molecular flexibility index (Phi) is 8.71. The molecule has 1 aliphatic rings. The molecule has 1 atom stereocenters. The van der Waals surface area contributed by atoms with Gasteiger partial charge in [0.15, 0.2) is 17.3 Å². The molecule has 0 saturated carbocycles. The summed E-state index contributed by atoms with van der Waals surface area (Å²) >= 11 is 0. The summed E-state index contributed by atoms with van der Waals surface area (Å²) in [5.41, 5.74) is 0.259. The van der Waals surface area contributed by atoms with Gasteiger partial charge in [-0.15, -0.1) is 12.4 Å². The number of rotatable bonds is 6. The second-order valence-electron chi connectivity index (χ2n) is 5.72. The van der Waals surface area contributed by atoms with Crippen molar-refractivity contribution in [3.05, 3.63) is 29.6 Å². The average Bonchev–Trinajstić information content (AvgIpc) is 2.81. The summed E-state index contributed by atoms with van der Waals surface area (Å²) in [6.45, 7) is 1.88. The van der Waals surface area contributed by atoms with Crippen LogP contribution in [0.25, 0.3) is 0 Å². The van der Waals surface area contributed by atoms with Crippen LogP contribution >= 0.6 is 12.4 Å². The van der Waals surface area contributed by atoms with Crippen LogP contribution in [0.5, 0.6) is 5.75 Å². The van der Waals surface area contributed by atoms with Gasteiger partial charge in [0.1, 0.15) is 0 Å². The third kappa shape index (κ3) is 6.09. The van der Waals surface area contributed by atoms with Crippen molar-refractivity contribution in [1.29, 1.82) is 0 Å². The maximum atomic E-state index is 13.6. The summed E-state index contributed by atoms with van der Waals surface area (Å²) in [6.07, 6.45) is 3.09. The number of Topliss-reactive ketones (excluding diaryl/α,β-unsaturated/α-hetero) is 1. The molecule has 1 amide bonds. The topological polar surface area (TPSA) is 67.4 Å². The maximum Gasteiger partial charge on any atom is 0.220 e. The van der Waals surface area contributed by atoms with Gasteiger partial charge in [-0.05, 0) is 50.6 Å². The Morgan fingerprint density at radius 1 is 1.29 bits per heavy atom. The molecule has 7 heteroatoms. The molecule has 0 radical (unpaired) electrons. The van der Waals surface area contributed by atoms with Crippen molar-refractivity contribution in [1.82, 2.24) is 10.6 Å². The zero-order chi connectivity index (χ0) is 16.7. The van der Waals surface area contributed by atoms with Crippen molar-refractivity contribution in [2.45, 2.75) is 38.1 Å². The standard InChI is InChI=1S/C17H23FN2O3.ClH/c1-23-16-6-4-12(11-14(16)18)15(21)5-7-17(22)20-13-3-2-9-19-10-8-13;/h4,6,11,13,19H,2-3,5,7-10H2,1H3,(H,20,22);1H. The molecule has 1 aromatic rings. The SMILES string of the molecule is COc1ccc(C(=O)CCC(=O)NC2CCCNCC2)cc1F.Cl. The minimum absolute atomic E-state index is 0. The lowest BCUT2D eigenvalue weighted by Gasteiger charge is -2.15. The Morgan fingerprint density at radius 3 is 2.79 bits per heavy atom. The molecule has 0 spiro atoms. The van der Waals surface area contributed by atoms with Crippen molar-refractivity contribution < 1.29 is 18.7 Å². The zero-order valence-electron chi connectivity index (χ0n) is 13.8. The fourth-order valence-corrected chi connectivity index (χ4v) is 2.67. The van der Waals surface area contributed by atoms with Gasteiger partial charge in [-0.3, -0.25) is 9.59 Å². The summed E-state index contributed by atoms with van der Waals surface area (Å²) in [5.74, 6) is -0.849. The Labute approximate surface area is 147 Å². The number of hydrogen-bond acceptors (Lipinski definition) is 4. The lowest BCUT2D eigenvalue weighted by atomic mass is 10.1. The molecule has 2 rings (SSSR count). The smallest absolute Gasteiger partial charge is 0.220 e. The van der Waals surface area contributed by atoms with Gasteiger partial charge in [0.25, 0.3) is 0 Å². The number of carbonyl (C=O) groups is 2. The number of carbonyl (C=O) groups excluding carboxylic acids is 2. The monoisotopic (exact) mass is 358 g/mol. The van der Waals surface area contributed by atoms with Crippen LogP contribution < -0.4 is 15.4 Å². The van der Waals surface area contributed by atoms with E-state index in [2.05, 4.69) is 10.6 Å². The van der Waals surface area contributed by atoms with Crippen molar-refractivity contribution in [2.75, 3.05) is 20.2 Å². The number of halogens is 2. The highest BCUT2D eigenvalue weighted by atomic mass is 35.5. The molecular weight excluding hydrogens is 335 g/mol. The lowest BCUT2D eigenvalue weighted by Crippen LogP contribution is -2.35. The summed E-state index contributed by atoms with van der Waals surface area (Å²) < 4.78 is 18.4. The molecule has 0 bridgehead atoms. The number of methoxy groups -OCH3 is 1. The van der Waals surface area contributed by atoms with E-state index >= 15 is 0 Å². The molecule has 0 aromatic heterocycles. The fraction of sp³-hybridized carbons (Fsp3) is 0.529. The third-order valence-electron chi connectivity index (χ3n) is 3.99. The fourth-order valence-electron chi connectivity index (χ4n) is 2.67. The maximum absolute atomic E-state index is 13.6. The summed E-state index contributed by atoms with van der Waals surface area (Å²) in [4.78, 5) is 24.0. The van der Waals surface area contributed by atoms with Gasteiger partial charge in [-0.1, -0.05) is 0 Å². The molecule has 1 fully saturated rings. The number of amides is 1. The van der Waals surface area contributed by atoms with Gasteiger partial charge in [0.2, 0.25) is 5.91 Å². The summed E-state index contributed by atoms with van der Waals surface area (Å²) in [5, 5.41) is 6.26. The Bertz CT molecular complexity index is 561. The van der Waals surface area contributed by atoms with Gasteiger partial charge in [-0.25, -0.2) is 4.39 Å². The van der Waals surface area contributed by atoms with Crippen LogP contribution in [-0.2, 0) is 4.79 Å². The van der Waals surface area contributed by atoms with Crippen molar-refractivity contribution >= 4 is 24.1 Å². The Morgan fingerprint density at radius 2 is 2.08 bits per heavy atom. The zero-order valence-corrected chi connectivity index (χ0v) is 14.6. The number of ketones is 1. The molecule has 0 aliphatic carbocycles. The van der Waals surface area contributed by atoms with Crippen LogP contribution in [0, 0.1) is 5.82 Å². The van der Waals surface area contributed by atoms with E-state index in [0.717, 1.165) is 38.4 Å². The largest absolute Gasteiger partial charge is 0.494 e. The van der Waals surface area contributed by atoms with Crippen LogP contribution in [0.4, 0.5) is 4.39 Å². The molecule has 5 nitrogen and oxygen atoms in total. The Hall–Kier alpha value is -1.66. The Balaban J connectivity index is 0.00000288. The highest BCUT2D eigenvalue weighted by molar-refractivity contribution is 5.98. The van der Waals surface area contributed by atoms with E-state index in [1.807, 2.05) is 0 Å². The predicted molar refractivity (Wildman–Crippen MR) is 92.4 cm³/mol. The first-order valence-electron chi connectivity index (χ1n) is 7.97. The van der Waals surface area contributed by atoms with Crippen LogP contribution in [-0.4, -0.2) is 37.9 Å². The number of hydrogen-bond donors (Lipinski definition) is 2. The van der Waals surface area contributed by atoms with Gasteiger partial charge >= 0.3 is 0 Å². The van der Waals surface area contributed by atoms with E-state index in [-0.39, 0.29) is 54.3 Å². The first-order chi connectivity index (χ1) is 11.1. The van der Waals surface area contributed by atoms with Crippen LogP contribution in [0.1, 0.15) is 42.5 Å². The molecular formula is C17H24ClFN2O3. The lowest BCUT2D eigenvalue weighted by molar-refractivity contribution is -0.121. The molecule has 134 valence electrons. The van der Waals surface area contributed by atoms with Crippen LogP contribution in [0.3, 0.4) is 0 Å². The molecule has 1 aromatic carbocycles. The summed E-state index contributed by atoms with van der Waals surface area (Å²) in [7, 11) is 1.37. The second kappa shape index (κ2) is 10.3. The quantitative estimate of drug-likeness (QED) is 0.767. The van der Waals surface area contributed by atoms with E-state index in [0.29, 0.717) is 0 Å². The second-order valence-corrected chi connectivity index (χ2v) is 5.72. The molecule has 1 saturated heterocycles. The third-order valence-corrected chi connectivity index (χ3v) is 3.99. The van der Waals surface area contributed by atoms with Crippen molar-refractivity contribution in [3.63, 3.8) is 0 Å². The summed E-state index contributed by atoms with van der Waals surface area (Å²) in [6, 6.07) is 4.25. The highest BCUT2D eigenvalue weighted by Gasteiger charge is 2.16. The number of ether oxygens (including phenoxy) is 1. The number of nitrogens with one attached hydrogen (secondary N) is 2. The van der Waals surface area contributed by atoms with E-state index in [1.54, 1.807) is 0 Å². The normalized spacial score (nSPS) is 17.3. The van der Waals surface area contributed by atoms with Crippen LogP contribution in [0.15, 0.2) is 18.2 Å². The van der Waals surface area contributed by atoms with Gasteiger partial charge in [0, 0.05) is 24.4 Å². The molecule has 1 aliphatic heterocycles. The highest BCUT2D eigenvalue weighted by Crippen LogP contribution is 2.19. The van der Waals surface area contributed by atoms with E-state index in [1.165, 1.54) is 19.2 Å². The number of benzene rings is 1. The van der Waals surface area contributed by atoms with E-state index in [9.17, 15) is 14.0 Å². The minimum Gasteiger partial charge on any atom is -0.494 e. The van der Waals surface area contributed by atoms with Gasteiger partial charge < -0.3 is 15.4 Å². The van der Waals surface area contributed by atoms with Crippen molar-refractivity contribution in [3.8, 4) is 5.75 Å². The van der Waals surface area contributed by atoms with Crippen LogP contribution in [0.2, 0.25) is 0 Å². The molecule has 1 unspecified atom stereocenters. The molecule has 1 heterocycles. The molecule has 24 heavy (non-hydrogen) atoms. The van der Waals surface area contributed by atoms with Gasteiger partial charge in [0.05, 0.1) is 7.11 Å². The minimum atomic E-state index is -0.575. The van der Waals surface area contributed by atoms with Gasteiger partial charge in [-0.2, -0.15) is 0 Å². The average molecular weight is 359 g/mol. The van der Waals surface area contributed by atoms with E-state index in [4.69, 9.17) is 4.74 Å². The molecule has 2 N–H and O–H groups in total. The predicted octanol–water partition coefficient (Wildman–Crippen LogP) is 2.48. The first-order valence-corrected chi connectivity index (χ1v) is 7.97. The first kappa shape index (κ1) is 20.4.